The molecule has 0 saturated heterocycles. The van der Waals surface area contributed by atoms with Crippen LogP contribution in [0.1, 0.15) is 11.4 Å². The first-order chi connectivity index (χ1) is 12.5. The van der Waals surface area contributed by atoms with E-state index >= 15 is 0 Å². The number of fused-ring (bicyclic) bond motifs is 1. The molecular formula is C19H17FN6. The van der Waals surface area contributed by atoms with Crippen LogP contribution in [0.5, 0.6) is 0 Å². The molecule has 2 aromatic carbocycles. The van der Waals surface area contributed by atoms with Crippen molar-refractivity contribution < 1.29 is 4.39 Å². The van der Waals surface area contributed by atoms with Gasteiger partial charge in [-0.05, 0) is 43.7 Å². The van der Waals surface area contributed by atoms with Crippen LogP contribution in [-0.4, -0.2) is 19.5 Å². The second-order valence-electron chi connectivity index (χ2n) is 6.10. The van der Waals surface area contributed by atoms with E-state index in [9.17, 15) is 4.39 Å². The topological polar surface area (TPSA) is 81.6 Å². The van der Waals surface area contributed by atoms with Crippen molar-refractivity contribution in [2.45, 2.75) is 13.8 Å². The first-order valence-corrected chi connectivity index (χ1v) is 8.13. The van der Waals surface area contributed by atoms with Gasteiger partial charge in [-0.25, -0.2) is 9.37 Å². The third kappa shape index (κ3) is 2.95. The zero-order valence-electron chi connectivity index (χ0n) is 14.4. The third-order valence-corrected chi connectivity index (χ3v) is 4.02. The van der Waals surface area contributed by atoms with Gasteiger partial charge in [0.05, 0.1) is 11.0 Å². The summed E-state index contributed by atoms with van der Waals surface area (Å²) in [5.74, 6) is 1.55. The molecule has 0 aliphatic carbocycles. The lowest BCUT2D eigenvalue weighted by Gasteiger charge is -2.11. The molecule has 0 aliphatic heterocycles. The van der Waals surface area contributed by atoms with Crippen LogP contribution in [0.2, 0.25) is 0 Å². The van der Waals surface area contributed by atoms with Crippen LogP contribution in [0.4, 0.5) is 21.8 Å². The molecule has 2 heterocycles. The Morgan fingerprint density at radius 1 is 1.00 bits per heavy atom. The summed E-state index contributed by atoms with van der Waals surface area (Å²) < 4.78 is 15.5. The lowest BCUT2D eigenvalue weighted by Crippen LogP contribution is -2.07. The molecular weight excluding hydrogens is 331 g/mol. The largest absolute Gasteiger partial charge is 0.383 e. The highest BCUT2D eigenvalue weighted by Gasteiger charge is 2.13. The standard InChI is InChI=1S/C19H17FN6/c1-11-4-3-5-14(8-11)23-19-24-17(21)10-18(25-19)26-12(2)22-15-7-6-13(20)9-16(15)26/h3-10H,1-2H3,(H3,21,23,24,25). The van der Waals surface area contributed by atoms with Crippen LogP contribution in [0.3, 0.4) is 0 Å². The van der Waals surface area contributed by atoms with Crippen molar-refractivity contribution in [3.63, 3.8) is 0 Å². The highest BCUT2D eigenvalue weighted by molar-refractivity contribution is 5.78. The number of aromatic nitrogens is 4. The average molecular weight is 348 g/mol. The van der Waals surface area contributed by atoms with E-state index in [0.29, 0.717) is 34.4 Å². The van der Waals surface area contributed by atoms with Gasteiger partial charge in [0.2, 0.25) is 5.95 Å². The lowest BCUT2D eigenvalue weighted by molar-refractivity contribution is 0.629. The van der Waals surface area contributed by atoms with Crippen molar-refractivity contribution in [2.24, 2.45) is 0 Å². The fourth-order valence-corrected chi connectivity index (χ4v) is 2.93. The first kappa shape index (κ1) is 16.0. The van der Waals surface area contributed by atoms with E-state index in [1.807, 2.05) is 38.1 Å². The fraction of sp³-hybridized carbons (Fsp3) is 0.105. The molecule has 0 atom stereocenters. The van der Waals surface area contributed by atoms with E-state index < -0.39 is 0 Å². The van der Waals surface area contributed by atoms with E-state index in [0.717, 1.165) is 11.3 Å². The van der Waals surface area contributed by atoms with Crippen LogP contribution in [0.25, 0.3) is 16.9 Å². The maximum absolute atomic E-state index is 13.7. The summed E-state index contributed by atoms with van der Waals surface area (Å²) in [6.07, 6.45) is 0. The van der Waals surface area contributed by atoms with Gasteiger partial charge in [0.1, 0.15) is 23.3 Å². The summed E-state index contributed by atoms with van der Waals surface area (Å²) in [4.78, 5) is 13.2. The SMILES string of the molecule is Cc1cccc(Nc2nc(N)cc(-n3c(C)nc4ccc(F)cc43)n2)c1. The Kier molecular flexibility index (Phi) is 3.76. The van der Waals surface area contributed by atoms with E-state index in [1.165, 1.54) is 12.1 Å². The number of halogens is 1. The molecule has 0 aliphatic rings. The minimum atomic E-state index is -0.334. The first-order valence-electron chi connectivity index (χ1n) is 8.13. The Bertz CT molecular complexity index is 1120. The van der Waals surface area contributed by atoms with Gasteiger partial charge in [0, 0.05) is 17.8 Å². The summed E-state index contributed by atoms with van der Waals surface area (Å²) in [7, 11) is 0. The molecule has 26 heavy (non-hydrogen) atoms. The monoisotopic (exact) mass is 348 g/mol. The smallest absolute Gasteiger partial charge is 0.231 e. The van der Waals surface area contributed by atoms with Crippen molar-refractivity contribution in [2.75, 3.05) is 11.1 Å². The van der Waals surface area contributed by atoms with E-state index in [-0.39, 0.29) is 5.82 Å². The summed E-state index contributed by atoms with van der Waals surface area (Å²) in [5.41, 5.74) is 9.27. The zero-order chi connectivity index (χ0) is 18.3. The molecule has 3 N–H and O–H groups in total. The Morgan fingerprint density at radius 3 is 2.65 bits per heavy atom. The second-order valence-corrected chi connectivity index (χ2v) is 6.10. The van der Waals surface area contributed by atoms with E-state index in [1.54, 1.807) is 16.7 Å². The molecule has 0 bridgehead atoms. The maximum atomic E-state index is 13.7. The van der Waals surface area contributed by atoms with Crippen molar-refractivity contribution in [1.29, 1.82) is 0 Å². The summed E-state index contributed by atoms with van der Waals surface area (Å²) in [6, 6.07) is 14.0. The number of aryl methyl sites for hydroxylation is 2. The Hall–Kier alpha value is -3.48. The summed E-state index contributed by atoms with van der Waals surface area (Å²) in [6.45, 7) is 3.84. The van der Waals surface area contributed by atoms with E-state index in [2.05, 4.69) is 20.3 Å². The predicted molar refractivity (Wildman–Crippen MR) is 100 cm³/mol. The lowest BCUT2D eigenvalue weighted by atomic mass is 10.2. The minimum absolute atomic E-state index is 0.308. The van der Waals surface area contributed by atoms with Crippen molar-refractivity contribution in [3.05, 3.63) is 65.7 Å². The minimum Gasteiger partial charge on any atom is -0.383 e. The summed E-state index contributed by atoms with van der Waals surface area (Å²) >= 11 is 0. The number of nitrogens with one attached hydrogen (secondary N) is 1. The Balaban J connectivity index is 1.82. The van der Waals surface area contributed by atoms with Gasteiger partial charge in [-0.2, -0.15) is 9.97 Å². The number of anilines is 3. The number of benzene rings is 2. The van der Waals surface area contributed by atoms with Gasteiger partial charge >= 0.3 is 0 Å². The highest BCUT2D eigenvalue weighted by atomic mass is 19.1. The number of nitrogen functional groups attached to an aromatic ring is 1. The molecule has 0 radical (unpaired) electrons. The normalized spacial score (nSPS) is 11.0. The van der Waals surface area contributed by atoms with Crippen molar-refractivity contribution in [1.82, 2.24) is 19.5 Å². The molecule has 0 unspecified atom stereocenters. The molecule has 130 valence electrons. The van der Waals surface area contributed by atoms with E-state index in [4.69, 9.17) is 5.73 Å². The van der Waals surface area contributed by atoms with Gasteiger partial charge in [0.25, 0.3) is 0 Å². The van der Waals surface area contributed by atoms with Gasteiger partial charge in [-0.3, -0.25) is 4.57 Å². The van der Waals surface area contributed by atoms with Crippen LogP contribution >= 0.6 is 0 Å². The third-order valence-electron chi connectivity index (χ3n) is 4.02. The molecule has 0 amide bonds. The van der Waals surface area contributed by atoms with Crippen LogP contribution in [-0.2, 0) is 0 Å². The quantitative estimate of drug-likeness (QED) is 0.587. The number of nitrogens with two attached hydrogens (primary N) is 1. The molecule has 4 rings (SSSR count). The van der Waals surface area contributed by atoms with Gasteiger partial charge in [-0.1, -0.05) is 12.1 Å². The Labute approximate surface area is 149 Å². The molecule has 7 heteroatoms. The highest BCUT2D eigenvalue weighted by Crippen LogP contribution is 2.23. The van der Waals surface area contributed by atoms with Crippen LogP contribution in [0.15, 0.2) is 48.5 Å². The molecule has 2 aromatic heterocycles. The van der Waals surface area contributed by atoms with Crippen LogP contribution in [0, 0.1) is 19.7 Å². The van der Waals surface area contributed by atoms with Crippen molar-refractivity contribution >= 4 is 28.5 Å². The predicted octanol–water partition coefficient (Wildman–Crippen LogP) is 3.90. The zero-order valence-corrected chi connectivity index (χ0v) is 14.4. The van der Waals surface area contributed by atoms with Crippen molar-refractivity contribution in [3.8, 4) is 5.82 Å². The second kappa shape index (κ2) is 6.11. The number of rotatable bonds is 3. The Morgan fingerprint density at radius 2 is 1.85 bits per heavy atom. The fourth-order valence-electron chi connectivity index (χ4n) is 2.93. The number of imidazole rings is 1. The van der Waals surface area contributed by atoms with Gasteiger partial charge < -0.3 is 11.1 Å². The molecule has 6 nitrogen and oxygen atoms in total. The van der Waals surface area contributed by atoms with Gasteiger partial charge in [0.15, 0.2) is 0 Å². The van der Waals surface area contributed by atoms with Crippen LogP contribution < -0.4 is 11.1 Å². The molecule has 0 fully saturated rings. The molecule has 0 saturated carbocycles. The number of hydrogen-bond donors (Lipinski definition) is 2. The molecule has 4 aromatic rings. The maximum Gasteiger partial charge on any atom is 0.231 e. The summed E-state index contributed by atoms with van der Waals surface area (Å²) in [5, 5.41) is 3.16. The number of nitrogens with zero attached hydrogens (tertiary/aromatic N) is 4. The average Bonchev–Trinajstić information content (AvgIpc) is 2.89. The molecule has 0 spiro atoms. The van der Waals surface area contributed by atoms with Gasteiger partial charge in [-0.15, -0.1) is 0 Å². The number of hydrogen-bond acceptors (Lipinski definition) is 5.